The highest BCUT2D eigenvalue weighted by atomic mass is 32.2. The van der Waals surface area contributed by atoms with Crippen molar-refractivity contribution in [1.82, 2.24) is 4.31 Å². The van der Waals surface area contributed by atoms with Crippen LogP contribution < -0.4 is 11.1 Å². The zero-order valence-electron chi connectivity index (χ0n) is 14.8. The van der Waals surface area contributed by atoms with Gasteiger partial charge in [-0.1, -0.05) is 17.7 Å². The van der Waals surface area contributed by atoms with E-state index in [0.717, 1.165) is 5.56 Å². The Bertz CT molecular complexity index is 951. The Morgan fingerprint density at radius 3 is 2.59 bits per heavy atom. The van der Waals surface area contributed by atoms with E-state index in [0.29, 0.717) is 24.4 Å². The molecule has 0 spiro atoms. The summed E-state index contributed by atoms with van der Waals surface area (Å²) >= 11 is 1.21. The molecule has 3 rings (SSSR count). The Morgan fingerprint density at radius 1 is 1.22 bits per heavy atom. The van der Waals surface area contributed by atoms with Crippen LogP contribution in [0.3, 0.4) is 0 Å². The van der Waals surface area contributed by atoms with E-state index in [9.17, 15) is 18.0 Å². The first-order valence-electron chi connectivity index (χ1n) is 8.54. The maximum absolute atomic E-state index is 12.9. The van der Waals surface area contributed by atoms with Gasteiger partial charge in [-0.15, -0.1) is 11.3 Å². The highest BCUT2D eigenvalue weighted by Crippen LogP contribution is 2.27. The summed E-state index contributed by atoms with van der Waals surface area (Å²) in [4.78, 5) is 24.2. The summed E-state index contributed by atoms with van der Waals surface area (Å²) in [5, 5.41) is 4.78. The van der Waals surface area contributed by atoms with Crippen molar-refractivity contribution in [3.63, 3.8) is 0 Å². The quantitative estimate of drug-likeness (QED) is 0.792. The van der Waals surface area contributed by atoms with E-state index in [1.807, 2.05) is 6.92 Å². The molecule has 2 heterocycles. The fourth-order valence-corrected chi connectivity index (χ4v) is 5.37. The molecule has 7 nitrogen and oxygen atoms in total. The Balaban J connectivity index is 1.73. The molecule has 0 aliphatic carbocycles. The number of hydrogen-bond acceptors (Lipinski definition) is 5. The fraction of sp³-hybridized carbons (Fsp3) is 0.333. The van der Waals surface area contributed by atoms with Gasteiger partial charge in [0.1, 0.15) is 5.00 Å². The molecule has 1 saturated heterocycles. The standard InChI is InChI=1S/C18H21N3O4S2/c1-12-4-6-14(7-5-12)27(24,25)21-9-2-3-13(11-21)17(23)20-18-15(16(19)22)8-10-26-18/h4-8,10,13H,2-3,9,11H2,1H3,(H2,19,22)(H,20,23). The number of piperidine rings is 1. The van der Waals surface area contributed by atoms with Crippen LogP contribution in [0.1, 0.15) is 28.8 Å². The maximum Gasteiger partial charge on any atom is 0.251 e. The van der Waals surface area contributed by atoms with Crippen molar-refractivity contribution < 1.29 is 18.0 Å². The predicted molar refractivity (Wildman–Crippen MR) is 104 cm³/mol. The van der Waals surface area contributed by atoms with Crippen molar-refractivity contribution in [2.75, 3.05) is 18.4 Å². The van der Waals surface area contributed by atoms with Crippen LogP contribution in [-0.4, -0.2) is 37.6 Å². The molecule has 1 aliphatic heterocycles. The van der Waals surface area contributed by atoms with Gasteiger partial charge in [-0.05, 0) is 43.3 Å². The predicted octanol–water partition coefficient (Wildman–Crippen LogP) is 2.19. The summed E-state index contributed by atoms with van der Waals surface area (Å²) in [6.45, 7) is 2.38. The number of amides is 2. The number of anilines is 1. The lowest BCUT2D eigenvalue weighted by molar-refractivity contribution is -0.120. The first kappa shape index (κ1) is 19.5. The minimum absolute atomic E-state index is 0.110. The molecule has 2 aromatic rings. The number of nitrogens with two attached hydrogens (primary N) is 1. The number of benzene rings is 1. The summed E-state index contributed by atoms with van der Waals surface area (Å²) in [6, 6.07) is 8.22. The molecule has 1 aliphatic rings. The van der Waals surface area contributed by atoms with Crippen LogP contribution in [0.15, 0.2) is 40.6 Å². The number of sulfonamides is 1. The van der Waals surface area contributed by atoms with Crippen molar-refractivity contribution in [2.45, 2.75) is 24.7 Å². The molecule has 27 heavy (non-hydrogen) atoms. The maximum atomic E-state index is 12.9. The monoisotopic (exact) mass is 407 g/mol. The molecule has 0 bridgehead atoms. The van der Waals surface area contributed by atoms with Gasteiger partial charge >= 0.3 is 0 Å². The molecule has 144 valence electrons. The number of carbonyl (C=O) groups is 2. The second-order valence-electron chi connectivity index (χ2n) is 6.53. The third-order valence-corrected chi connectivity index (χ3v) is 7.29. The van der Waals surface area contributed by atoms with Crippen LogP contribution in [0.2, 0.25) is 0 Å². The van der Waals surface area contributed by atoms with Gasteiger partial charge in [0.15, 0.2) is 0 Å². The molecule has 9 heteroatoms. The number of nitrogens with zero attached hydrogens (tertiary/aromatic N) is 1. The number of hydrogen-bond donors (Lipinski definition) is 2. The minimum Gasteiger partial charge on any atom is -0.366 e. The van der Waals surface area contributed by atoms with Gasteiger partial charge in [0.05, 0.1) is 16.4 Å². The lowest BCUT2D eigenvalue weighted by Gasteiger charge is -2.31. The van der Waals surface area contributed by atoms with E-state index in [-0.39, 0.29) is 22.9 Å². The van der Waals surface area contributed by atoms with Gasteiger partial charge in [0, 0.05) is 13.1 Å². The van der Waals surface area contributed by atoms with Crippen LogP contribution in [0.5, 0.6) is 0 Å². The number of rotatable bonds is 5. The smallest absolute Gasteiger partial charge is 0.251 e. The third-order valence-electron chi connectivity index (χ3n) is 4.58. The summed E-state index contributed by atoms with van der Waals surface area (Å²) in [5.74, 6) is -1.40. The zero-order valence-corrected chi connectivity index (χ0v) is 16.5. The van der Waals surface area contributed by atoms with Crippen LogP contribution in [0.25, 0.3) is 0 Å². The molecule has 2 amide bonds. The summed E-state index contributed by atoms with van der Waals surface area (Å²) in [7, 11) is -3.65. The van der Waals surface area contributed by atoms with Crippen molar-refractivity contribution in [3.8, 4) is 0 Å². The first-order valence-corrected chi connectivity index (χ1v) is 10.9. The lowest BCUT2D eigenvalue weighted by Crippen LogP contribution is -2.43. The largest absolute Gasteiger partial charge is 0.366 e. The first-order chi connectivity index (χ1) is 12.8. The van der Waals surface area contributed by atoms with E-state index in [2.05, 4.69) is 5.32 Å². The zero-order chi connectivity index (χ0) is 19.6. The van der Waals surface area contributed by atoms with Crippen LogP contribution in [0, 0.1) is 12.8 Å². The Morgan fingerprint density at radius 2 is 1.93 bits per heavy atom. The summed E-state index contributed by atoms with van der Waals surface area (Å²) < 4.78 is 27.1. The average Bonchev–Trinajstić information content (AvgIpc) is 3.10. The second kappa shape index (κ2) is 7.79. The average molecular weight is 408 g/mol. The number of primary amides is 1. The van der Waals surface area contributed by atoms with Gasteiger partial charge in [-0.2, -0.15) is 4.31 Å². The van der Waals surface area contributed by atoms with E-state index < -0.39 is 21.8 Å². The van der Waals surface area contributed by atoms with Gasteiger partial charge in [-0.25, -0.2) is 8.42 Å². The Hall–Kier alpha value is -2.23. The summed E-state index contributed by atoms with van der Waals surface area (Å²) in [5.41, 5.74) is 6.53. The molecular formula is C18H21N3O4S2. The minimum atomic E-state index is -3.65. The van der Waals surface area contributed by atoms with Crippen molar-refractivity contribution in [2.24, 2.45) is 11.7 Å². The molecule has 1 unspecified atom stereocenters. The molecule has 0 saturated carbocycles. The van der Waals surface area contributed by atoms with Crippen molar-refractivity contribution >= 4 is 38.2 Å². The lowest BCUT2D eigenvalue weighted by atomic mass is 9.99. The van der Waals surface area contributed by atoms with Crippen LogP contribution in [0.4, 0.5) is 5.00 Å². The molecule has 1 atom stereocenters. The fourth-order valence-electron chi connectivity index (χ4n) is 3.05. The van der Waals surface area contributed by atoms with Crippen molar-refractivity contribution in [1.29, 1.82) is 0 Å². The molecule has 1 aromatic heterocycles. The van der Waals surface area contributed by atoms with E-state index in [1.54, 1.807) is 35.7 Å². The van der Waals surface area contributed by atoms with E-state index >= 15 is 0 Å². The molecule has 3 N–H and O–H groups in total. The number of carbonyl (C=O) groups excluding carboxylic acids is 2. The highest BCUT2D eigenvalue weighted by Gasteiger charge is 2.33. The third kappa shape index (κ3) is 4.20. The van der Waals surface area contributed by atoms with E-state index in [4.69, 9.17) is 5.73 Å². The highest BCUT2D eigenvalue weighted by molar-refractivity contribution is 7.89. The summed E-state index contributed by atoms with van der Waals surface area (Å²) in [6.07, 6.45) is 1.18. The Kier molecular flexibility index (Phi) is 5.64. The van der Waals surface area contributed by atoms with Crippen LogP contribution >= 0.6 is 11.3 Å². The van der Waals surface area contributed by atoms with E-state index in [1.165, 1.54) is 15.6 Å². The number of nitrogens with one attached hydrogen (secondary N) is 1. The SMILES string of the molecule is Cc1ccc(S(=O)(=O)N2CCCC(C(=O)Nc3sccc3C(N)=O)C2)cc1. The molecule has 1 fully saturated rings. The van der Waals surface area contributed by atoms with Gasteiger partial charge in [0.2, 0.25) is 15.9 Å². The van der Waals surface area contributed by atoms with Gasteiger partial charge in [-0.3, -0.25) is 9.59 Å². The van der Waals surface area contributed by atoms with Gasteiger partial charge < -0.3 is 11.1 Å². The van der Waals surface area contributed by atoms with Crippen LogP contribution in [-0.2, 0) is 14.8 Å². The van der Waals surface area contributed by atoms with Gasteiger partial charge in [0.25, 0.3) is 5.91 Å². The topological polar surface area (TPSA) is 110 Å². The second-order valence-corrected chi connectivity index (χ2v) is 9.39. The number of aryl methyl sites for hydroxylation is 1. The number of thiophene rings is 1. The Labute approximate surface area is 162 Å². The van der Waals surface area contributed by atoms with Crippen molar-refractivity contribution in [3.05, 3.63) is 46.8 Å². The molecule has 0 radical (unpaired) electrons. The normalized spacial score (nSPS) is 18.2. The molecular weight excluding hydrogens is 386 g/mol. The molecule has 1 aromatic carbocycles.